The summed E-state index contributed by atoms with van der Waals surface area (Å²) in [5.41, 5.74) is 4.90. The molecule has 8 nitrogen and oxygen atoms in total. The highest BCUT2D eigenvalue weighted by molar-refractivity contribution is 5.87. The fourth-order valence-electron chi connectivity index (χ4n) is 2.07. The highest BCUT2D eigenvalue weighted by Crippen LogP contribution is 2.16. The van der Waals surface area contributed by atoms with Crippen LogP contribution >= 0.6 is 0 Å². The topological polar surface area (TPSA) is 109 Å². The number of hydrogen-bond acceptors (Lipinski definition) is 4. The fourth-order valence-corrected chi connectivity index (χ4v) is 2.07. The van der Waals surface area contributed by atoms with Gasteiger partial charge in [0.2, 0.25) is 0 Å². The molecule has 4 amide bonds. The number of nitrogens with one attached hydrogen (secondary N) is 4. The molecule has 0 spiro atoms. The van der Waals surface area contributed by atoms with Crippen molar-refractivity contribution in [3.05, 3.63) is 65.7 Å². The van der Waals surface area contributed by atoms with Gasteiger partial charge in [0, 0.05) is 6.54 Å². The number of hydrazine groups is 1. The molecule has 0 aromatic heterocycles. The molecule has 29 heavy (non-hydrogen) atoms. The minimum absolute atomic E-state index is 0.0963. The van der Waals surface area contributed by atoms with E-state index in [1.165, 1.54) is 49.4 Å². The van der Waals surface area contributed by atoms with E-state index in [-0.39, 0.29) is 18.1 Å². The van der Waals surface area contributed by atoms with E-state index >= 15 is 0 Å². The van der Waals surface area contributed by atoms with E-state index in [1.807, 2.05) is 0 Å². The molecule has 0 heterocycles. The summed E-state index contributed by atoms with van der Waals surface area (Å²) in [4.78, 5) is 35.2. The zero-order valence-corrected chi connectivity index (χ0v) is 15.5. The Kier molecular flexibility index (Phi) is 7.89. The van der Waals surface area contributed by atoms with Gasteiger partial charge in [0.05, 0.1) is 0 Å². The first-order chi connectivity index (χ1) is 13.8. The van der Waals surface area contributed by atoms with Crippen LogP contribution in [0.15, 0.2) is 48.5 Å². The minimum Gasteiger partial charge on any atom is -0.478 e. The van der Waals surface area contributed by atoms with Crippen molar-refractivity contribution in [1.29, 1.82) is 0 Å². The van der Waals surface area contributed by atoms with Crippen LogP contribution in [0.5, 0.6) is 5.75 Å². The van der Waals surface area contributed by atoms with Crippen LogP contribution in [-0.4, -0.2) is 30.5 Å². The molecular formula is C19H20F2N4O4. The van der Waals surface area contributed by atoms with Gasteiger partial charge < -0.3 is 15.4 Å². The highest BCUT2D eigenvalue weighted by Gasteiger charge is 2.17. The molecule has 154 valence electrons. The Morgan fingerprint density at radius 1 is 0.966 bits per heavy atom. The Balaban J connectivity index is 1.65. The Hall–Kier alpha value is -3.69. The van der Waals surface area contributed by atoms with Crippen LogP contribution in [0.25, 0.3) is 0 Å². The van der Waals surface area contributed by atoms with Gasteiger partial charge in [-0.15, -0.1) is 0 Å². The number of benzene rings is 2. The van der Waals surface area contributed by atoms with Gasteiger partial charge in [0.25, 0.3) is 11.8 Å². The molecule has 10 heteroatoms. The van der Waals surface area contributed by atoms with Crippen molar-refractivity contribution >= 4 is 17.8 Å². The first-order valence-electron chi connectivity index (χ1n) is 8.61. The number of urea groups is 1. The van der Waals surface area contributed by atoms with Gasteiger partial charge in [0.1, 0.15) is 12.4 Å². The smallest absolute Gasteiger partial charge is 0.315 e. The van der Waals surface area contributed by atoms with Crippen LogP contribution in [0.1, 0.15) is 12.5 Å². The number of halogens is 2. The number of rotatable bonds is 7. The maximum absolute atomic E-state index is 13.5. The van der Waals surface area contributed by atoms with E-state index in [0.29, 0.717) is 5.56 Å². The summed E-state index contributed by atoms with van der Waals surface area (Å²) in [6.07, 6.45) is -1.07. The normalized spacial score (nSPS) is 11.1. The number of hydrogen-bond donors (Lipinski definition) is 4. The molecule has 1 unspecified atom stereocenters. The Morgan fingerprint density at radius 3 is 2.34 bits per heavy atom. The highest BCUT2D eigenvalue weighted by atomic mass is 19.1. The average molecular weight is 406 g/mol. The van der Waals surface area contributed by atoms with Crippen LogP contribution in [0.3, 0.4) is 0 Å². The summed E-state index contributed by atoms with van der Waals surface area (Å²) in [5.74, 6) is -2.49. The van der Waals surface area contributed by atoms with Gasteiger partial charge >= 0.3 is 6.03 Å². The summed E-state index contributed by atoms with van der Waals surface area (Å²) < 4.78 is 31.5. The Labute approximate surface area is 165 Å². The van der Waals surface area contributed by atoms with Crippen LogP contribution in [0, 0.1) is 11.6 Å². The van der Waals surface area contributed by atoms with Crippen LogP contribution in [-0.2, 0) is 16.1 Å². The number of para-hydroxylation sites is 1. The third-order valence-electron chi connectivity index (χ3n) is 3.61. The lowest BCUT2D eigenvalue weighted by Crippen LogP contribution is -2.50. The molecule has 2 aromatic carbocycles. The van der Waals surface area contributed by atoms with E-state index in [9.17, 15) is 23.2 Å². The van der Waals surface area contributed by atoms with E-state index in [2.05, 4.69) is 21.5 Å². The second-order valence-electron chi connectivity index (χ2n) is 5.89. The predicted octanol–water partition coefficient (Wildman–Crippen LogP) is 1.38. The van der Waals surface area contributed by atoms with E-state index in [4.69, 9.17) is 4.74 Å². The van der Waals surface area contributed by atoms with Crippen LogP contribution < -0.4 is 26.2 Å². The number of carbonyl (C=O) groups is 3. The van der Waals surface area contributed by atoms with Gasteiger partial charge in [-0.25, -0.2) is 13.6 Å². The first kappa shape index (κ1) is 21.6. The first-order valence-corrected chi connectivity index (χ1v) is 8.61. The molecule has 0 radical (unpaired) electrons. The third-order valence-corrected chi connectivity index (χ3v) is 3.61. The van der Waals surface area contributed by atoms with Gasteiger partial charge in [0.15, 0.2) is 17.7 Å². The summed E-state index contributed by atoms with van der Waals surface area (Å²) in [7, 11) is 0. The predicted molar refractivity (Wildman–Crippen MR) is 99.4 cm³/mol. The minimum atomic E-state index is -1.07. The zero-order chi connectivity index (χ0) is 21.2. The van der Waals surface area contributed by atoms with Crippen molar-refractivity contribution in [2.24, 2.45) is 0 Å². The monoisotopic (exact) mass is 406 g/mol. The van der Waals surface area contributed by atoms with Crippen molar-refractivity contribution < 1.29 is 27.9 Å². The fraction of sp³-hybridized carbons (Fsp3) is 0.211. The molecule has 0 saturated carbocycles. The van der Waals surface area contributed by atoms with Crippen molar-refractivity contribution in [3.63, 3.8) is 0 Å². The molecule has 0 aliphatic heterocycles. The number of amides is 4. The second kappa shape index (κ2) is 10.6. The average Bonchev–Trinajstić information content (AvgIpc) is 2.71. The van der Waals surface area contributed by atoms with Crippen molar-refractivity contribution in [2.75, 3.05) is 6.54 Å². The van der Waals surface area contributed by atoms with Crippen molar-refractivity contribution in [3.8, 4) is 5.75 Å². The molecule has 0 aliphatic carbocycles. The molecular weight excluding hydrogens is 386 g/mol. The standard InChI is InChI=1S/C19H20F2N4O4/c1-12(29-16-5-3-2-4-15(16)21)18(27)25-24-17(26)11-23-19(28)22-10-13-6-8-14(20)9-7-13/h2-9,12H,10-11H2,1H3,(H,24,26)(H,25,27)(H2,22,23,28). The number of ether oxygens (including phenoxy) is 1. The summed E-state index contributed by atoms with van der Waals surface area (Å²) >= 11 is 0. The van der Waals surface area contributed by atoms with Crippen molar-refractivity contribution in [2.45, 2.75) is 19.6 Å². The number of carbonyl (C=O) groups excluding carboxylic acids is 3. The molecule has 0 saturated heterocycles. The molecule has 2 aromatic rings. The molecule has 0 aliphatic rings. The van der Waals surface area contributed by atoms with Gasteiger partial charge in [-0.05, 0) is 36.8 Å². The summed E-state index contributed by atoms with van der Waals surface area (Å²) in [6.45, 7) is 1.13. The molecule has 0 fully saturated rings. The maximum atomic E-state index is 13.5. The second-order valence-corrected chi connectivity index (χ2v) is 5.89. The molecule has 4 N–H and O–H groups in total. The largest absolute Gasteiger partial charge is 0.478 e. The summed E-state index contributed by atoms with van der Waals surface area (Å²) in [5, 5.41) is 4.79. The van der Waals surface area contributed by atoms with Gasteiger partial charge in [-0.1, -0.05) is 24.3 Å². The molecule has 0 bridgehead atoms. The Morgan fingerprint density at radius 2 is 1.66 bits per heavy atom. The lowest BCUT2D eigenvalue weighted by atomic mass is 10.2. The van der Waals surface area contributed by atoms with Crippen LogP contribution in [0.4, 0.5) is 13.6 Å². The lowest BCUT2D eigenvalue weighted by molar-refractivity contribution is -0.132. The SMILES string of the molecule is CC(Oc1ccccc1F)C(=O)NNC(=O)CNC(=O)NCc1ccc(F)cc1. The van der Waals surface area contributed by atoms with Gasteiger partial charge in [-0.3, -0.25) is 20.4 Å². The maximum Gasteiger partial charge on any atom is 0.315 e. The summed E-state index contributed by atoms with van der Waals surface area (Å²) in [6, 6.07) is 10.5. The molecule has 2 rings (SSSR count). The van der Waals surface area contributed by atoms with E-state index in [0.717, 1.165) is 0 Å². The lowest BCUT2D eigenvalue weighted by Gasteiger charge is -2.15. The van der Waals surface area contributed by atoms with Gasteiger partial charge in [-0.2, -0.15) is 0 Å². The Bertz CT molecular complexity index is 862. The van der Waals surface area contributed by atoms with E-state index in [1.54, 1.807) is 6.07 Å². The molecule has 1 atom stereocenters. The zero-order valence-electron chi connectivity index (χ0n) is 15.5. The van der Waals surface area contributed by atoms with Crippen LogP contribution in [0.2, 0.25) is 0 Å². The van der Waals surface area contributed by atoms with Crippen molar-refractivity contribution in [1.82, 2.24) is 21.5 Å². The third kappa shape index (κ3) is 7.45. The quantitative estimate of drug-likeness (QED) is 0.521. The van der Waals surface area contributed by atoms with E-state index < -0.39 is 36.3 Å².